The summed E-state index contributed by atoms with van der Waals surface area (Å²) in [5.41, 5.74) is 3.60. The molecule has 1 aromatic carbocycles. The van der Waals surface area contributed by atoms with Crippen molar-refractivity contribution >= 4 is 11.9 Å². The number of rotatable bonds is 7. The van der Waals surface area contributed by atoms with Crippen molar-refractivity contribution in [3.8, 4) is 0 Å². The van der Waals surface area contributed by atoms with Crippen molar-refractivity contribution in [1.29, 1.82) is 0 Å². The second-order valence-electron chi connectivity index (χ2n) is 6.75. The van der Waals surface area contributed by atoms with Gasteiger partial charge in [0.15, 0.2) is 0 Å². The summed E-state index contributed by atoms with van der Waals surface area (Å²) in [4.78, 5) is 25.0. The van der Waals surface area contributed by atoms with Gasteiger partial charge in [-0.2, -0.15) is 5.10 Å². The van der Waals surface area contributed by atoms with Crippen LogP contribution in [-0.2, 0) is 11.3 Å². The van der Waals surface area contributed by atoms with Gasteiger partial charge < -0.3 is 10.0 Å². The molecule has 6 heteroatoms. The zero-order chi connectivity index (χ0) is 18.6. The molecule has 1 amide bonds. The van der Waals surface area contributed by atoms with E-state index in [1.54, 1.807) is 12.1 Å². The number of carbonyl (C=O) groups is 2. The fourth-order valence-electron chi connectivity index (χ4n) is 2.77. The fraction of sp³-hybridized carbons (Fsp3) is 0.421. The minimum atomic E-state index is -1.00. The van der Waals surface area contributed by atoms with Gasteiger partial charge in [0.2, 0.25) is 0 Å². The molecule has 0 aliphatic heterocycles. The van der Waals surface area contributed by atoms with E-state index in [-0.39, 0.29) is 18.4 Å². The third kappa shape index (κ3) is 5.17. The number of amides is 1. The van der Waals surface area contributed by atoms with Crippen LogP contribution in [0, 0.1) is 19.8 Å². The minimum Gasteiger partial charge on any atom is -0.480 e. The molecule has 0 unspecified atom stereocenters. The molecule has 2 aromatic rings. The molecule has 0 radical (unpaired) electrons. The van der Waals surface area contributed by atoms with Gasteiger partial charge in [-0.1, -0.05) is 26.0 Å². The molecule has 0 saturated carbocycles. The van der Waals surface area contributed by atoms with Crippen LogP contribution in [-0.4, -0.2) is 44.8 Å². The Hall–Kier alpha value is -2.63. The van der Waals surface area contributed by atoms with Crippen molar-refractivity contribution in [1.82, 2.24) is 14.7 Å². The largest absolute Gasteiger partial charge is 0.480 e. The zero-order valence-electron chi connectivity index (χ0n) is 15.2. The van der Waals surface area contributed by atoms with Gasteiger partial charge in [-0.15, -0.1) is 0 Å². The predicted molar refractivity (Wildman–Crippen MR) is 95.6 cm³/mol. The van der Waals surface area contributed by atoms with Gasteiger partial charge in [-0.3, -0.25) is 14.3 Å². The molecule has 25 heavy (non-hydrogen) atoms. The van der Waals surface area contributed by atoms with Gasteiger partial charge >= 0.3 is 5.97 Å². The summed E-state index contributed by atoms with van der Waals surface area (Å²) in [5.74, 6) is -1.06. The monoisotopic (exact) mass is 343 g/mol. The van der Waals surface area contributed by atoms with Crippen LogP contribution < -0.4 is 0 Å². The maximum atomic E-state index is 12.6. The Kier molecular flexibility index (Phi) is 5.96. The number of carbonyl (C=O) groups excluding carboxylic acids is 1. The number of carboxylic acid groups (broad SMARTS) is 1. The molecule has 0 atom stereocenters. The summed E-state index contributed by atoms with van der Waals surface area (Å²) in [6.07, 6.45) is 0. The van der Waals surface area contributed by atoms with Crippen LogP contribution in [0.25, 0.3) is 0 Å². The van der Waals surface area contributed by atoms with Gasteiger partial charge in [0.25, 0.3) is 5.91 Å². The lowest BCUT2D eigenvalue weighted by molar-refractivity contribution is -0.137. The molecule has 1 aromatic heterocycles. The first kappa shape index (κ1) is 18.7. The molecule has 0 aliphatic rings. The van der Waals surface area contributed by atoms with Crippen molar-refractivity contribution in [2.75, 3.05) is 13.1 Å². The second kappa shape index (κ2) is 7.96. The van der Waals surface area contributed by atoms with Crippen molar-refractivity contribution in [2.45, 2.75) is 34.2 Å². The molecule has 0 spiro atoms. The minimum absolute atomic E-state index is 0.202. The van der Waals surface area contributed by atoms with Gasteiger partial charge in [0.05, 0.1) is 12.2 Å². The average Bonchev–Trinajstić information content (AvgIpc) is 2.83. The third-order valence-electron chi connectivity index (χ3n) is 3.84. The number of nitrogens with zero attached hydrogens (tertiary/aromatic N) is 3. The van der Waals surface area contributed by atoms with Crippen molar-refractivity contribution in [2.24, 2.45) is 5.92 Å². The standard InChI is InChI=1S/C19H25N3O3/c1-13(2)10-21(12-18(23)24)19(25)17-7-5-16(6-8-17)11-22-15(4)9-14(3)20-22/h5-9,13H,10-12H2,1-4H3,(H,23,24). The SMILES string of the molecule is Cc1cc(C)n(Cc2ccc(C(=O)N(CC(=O)O)CC(C)C)cc2)n1. The van der Waals surface area contributed by atoms with Crippen LogP contribution in [0.1, 0.15) is 41.2 Å². The van der Waals surface area contributed by atoms with E-state index in [1.807, 2.05) is 50.6 Å². The summed E-state index contributed by atoms with van der Waals surface area (Å²) in [5, 5.41) is 13.5. The van der Waals surface area contributed by atoms with Crippen molar-refractivity contribution < 1.29 is 14.7 Å². The molecule has 0 saturated heterocycles. The first-order valence-corrected chi connectivity index (χ1v) is 8.37. The van der Waals surface area contributed by atoms with Crippen molar-refractivity contribution in [3.05, 3.63) is 52.8 Å². The van der Waals surface area contributed by atoms with Crippen LogP contribution in [0.2, 0.25) is 0 Å². The molecule has 134 valence electrons. The molecule has 6 nitrogen and oxygen atoms in total. The van der Waals surface area contributed by atoms with E-state index in [0.29, 0.717) is 18.7 Å². The highest BCUT2D eigenvalue weighted by Gasteiger charge is 2.19. The van der Waals surface area contributed by atoms with E-state index in [0.717, 1.165) is 17.0 Å². The maximum Gasteiger partial charge on any atom is 0.323 e. The topological polar surface area (TPSA) is 75.4 Å². The number of hydrogen-bond donors (Lipinski definition) is 1. The summed E-state index contributed by atoms with van der Waals surface area (Å²) >= 11 is 0. The maximum absolute atomic E-state index is 12.6. The molecule has 2 rings (SSSR count). The normalized spacial score (nSPS) is 10.9. The molecule has 1 heterocycles. The molecule has 0 fully saturated rings. The van der Waals surface area contributed by atoms with E-state index in [1.165, 1.54) is 4.90 Å². The van der Waals surface area contributed by atoms with E-state index in [9.17, 15) is 9.59 Å². The van der Waals surface area contributed by atoms with Crippen LogP contribution >= 0.6 is 0 Å². The quantitative estimate of drug-likeness (QED) is 0.839. The van der Waals surface area contributed by atoms with Crippen molar-refractivity contribution in [3.63, 3.8) is 0 Å². The zero-order valence-corrected chi connectivity index (χ0v) is 15.2. The Morgan fingerprint density at radius 3 is 2.32 bits per heavy atom. The fourth-order valence-corrected chi connectivity index (χ4v) is 2.77. The number of benzene rings is 1. The highest BCUT2D eigenvalue weighted by Crippen LogP contribution is 2.12. The van der Waals surface area contributed by atoms with Crippen LogP contribution in [0.4, 0.5) is 0 Å². The highest BCUT2D eigenvalue weighted by atomic mass is 16.4. The lowest BCUT2D eigenvalue weighted by Crippen LogP contribution is -2.38. The summed E-state index contributed by atoms with van der Waals surface area (Å²) in [6, 6.07) is 9.29. The van der Waals surface area contributed by atoms with E-state index >= 15 is 0 Å². The Morgan fingerprint density at radius 1 is 1.20 bits per heavy atom. The molecule has 1 N–H and O–H groups in total. The van der Waals surface area contributed by atoms with E-state index < -0.39 is 5.97 Å². The first-order valence-electron chi connectivity index (χ1n) is 8.37. The number of aryl methyl sites for hydroxylation is 2. The van der Waals surface area contributed by atoms with Gasteiger partial charge in [0, 0.05) is 17.8 Å². The van der Waals surface area contributed by atoms with Crippen LogP contribution in [0.3, 0.4) is 0 Å². The molecule has 0 bridgehead atoms. The summed E-state index contributed by atoms with van der Waals surface area (Å²) in [6.45, 7) is 8.64. The number of carboxylic acids is 1. The third-order valence-corrected chi connectivity index (χ3v) is 3.84. The number of hydrogen-bond acceptors (Lipinski definition) is 3. The smallest absolute Gasteiger partial charge is 0.323 e. The van der Waals surface area contributed by atoms with Gasteiger partial charge in [-0.05, 0) is 43.5 Å². The van der Waals surface area contributed by atoms with Crippen LogP contribution in [0.5, 0.6) is 0 Å². The number of aliphatic carboxylic acids is 1. The average molecular weight is 343 g/mol. The molecular formula is C19H25N3O3. The first-order chi connectivity index (χ1) is 11.8. The number of aromatic nitrogens is 2. The highest BCUT2D eigenvalue weighted by molar-refractivity contribution is 5.95. The molecular weight excluding hydrogens is 318 g/mol. The predicted octanol–water partition coefficient (Wildman–Crippen LogP) is 2.73. The Balaban J connectivity index is 2.12. The summed E-state index contributed by atoms with van der Waals surface area (Å²) in [7, 11) is 0. The second-order valence-corrected chi connectivity index (χ2v) is 6.75. The lowest BCUT2D eigenvalue weighted by Gasteiger charge is -2.22. The van der Waals surface area contributed by atoms with E-state index in [4.69, 9.17) is 5.11 Å². The summed E-state index contributed by atoms with van der Waals surface area (Å²) < 4.78 is 1.92. The Morgan fingerprint density at radius 2 is 1.84 bits per heavy atom. The molecule has 0 aliphatic carbocycles. The lowest BCUT2D eigenvalue weighted by atomic mass is 10.1. The Bertz CT molecular complexity index is 748. The Labute approximate surface area is 148 Å². The van der Waals surface area contributed by atoms with E-state index in [2.05, 4.69) is 5.10 Å². The van der Waals surface area contributed by atoms with Gasteiger partial charge in [0.1, 0.15) is 6.54 Å². The van der Waals surface area contributed by atoms with Crippen LogP contribution in [0.15, 0.2) is 30.3 Å². The van der Waals surface area contributed by atoms with Gasteiger partial charge in [-0.25, -0.2) is 0 Å².